The van der Waals surface area contributed by atoms with E-state index >= 15 is 0 Å². The average molecular weight is 273 g/mol. The Morgan fingerprint density at radius 3 is 3.00 bits per heavy atom. The van der Waals surface area contributed by atoms with Crippen molar-refractivity contribution in [3.05, 3.63) is 29.3 Å². The van der Waals surface area contributed by atoms with Crippen molar-refractivity contribution in [3.8, 4) is 0 Å². The van der Waals surface area contributed by atoms with Crippen LogP contribution in [-0.2, 0) is 0 Å². The van der Waals surface area contributed by atoms with Gasteiger partial charge in [-0.15, -0.1) is 0 Å². The van der Waals surface area contributed by atoms with Gasteiger partial charge in [-0.1, -0.05) is 12.1 Å². The summed E-state index contributed by atoms with van der Waals surface area (Å²) < 4.78 is 0. The van der Waals surface area contributed by atoms with Gasteiger partial charge in [0.1, 0.15) is 0 Å². The number of fused-ring (bicyclic) bond motifs is 1. The second-order valence-corrected chi connectivity index (χ2v) is 6.07. The maximum Gasteiger partial charge on any atom is 0.253 e. The molecule has 1 amide bonds. The molecule has 3 rings (SSSR count). The second-order valence-electron chi connectivity index (χ2n) is 6.07. The number of anilines is 1. The maximum atomic E-state index is 12.4. The van der Waals surface area contributed by atoms with Gasteiger partial charge in [0.2, 0.25) is 0 Å². The van der Waals surface area contributed by atoms with Crippen molar-refractivity contribution in [1.82, 2.24) is 10.2 Å². The molecule has 0 radical (unpaired) electrons. The Labute approximate surface area is 120 Å². The summed E-state index contributed by atoms with van der Waals surface area (Å²) in [7, 11) is 0. The van der Waals surface area contributed by atoms with Crippen LogP contribution in [0.5, 0.6) is 0 Å². The fourth-order valence-electron chi connectivity index (χ4n) is 3.61. The Balaban J connectivity index is 1.67. The topological polar surface area (TPSA) is 58.4 Å². The van der Waals surface area contributed by atoms with Gasteiger partial charge in [0.25, 0.3) is 5.91 Å². The molecule has 0 spiro atoms. The molecule has 0 aliphatic carbocycles. The lowest BCUT2D eigenvalue weighted by atomic mass is 9.96. The Hall–Kier alpha value is -1.55. The summed E-state index contributed by atoms with van der Waals surface area (Å²) in [5.41, 5.74) is 8.10. The van der Waals surface area contributed by atoms with Crippen molar-refractivity contribution in [2.75, 3.05) is 18.8 Å². The lowest BCUT2D eigenvalue weighted by Crippen LogP contribution is -2.47. The number of nitrogen functional groups attached to an aromatic ring is 1. The van der Waals surface area contributed by atoms with Crippen LogP contribution in [0.25, 0.3) is 0 Å². The number of nitrogens with zero attached hydrogens (tertiary/aromatic N) is 1. The molecule has 3 N–H and O–H groups in total. The minimum atomic E-state index is -0.0166. The highest BCUT2D eigenvalue weighted by Crippen LogP contribution is 2.27. The zero-order valence-corrected chi connectivity index (χ0v) is 12.1. The van der Waals surface area contributed by atoms with Crippen LogP contribution in [0, 0.1) is 6.92 Å². The number of carbonyl (C=O) groups excluding carboxylic acids is 1. The van der Waals surface area contributed by atoms with Crippen LogP contribution in [0.3, 0.4) is 0 Å². The summed E-state index contributed by atoms with van der Waals surface area (Å²) in [6, 6.07) is 6.58. The van der Waals surface area contributed by atoms with Crippen molar-refractivity contribution >= 4 is 11.6 Å². The van der Waals surface area contributed by atoms with Gasteiger partial charge >= 0.3 is 0 Å². The number of rotatable bonds is 2. The fourth-order valence-corrected chi connectivity index (χ4v) is 3.61. The van der Waals surface area contributed by atoms with E-state index in [4.69, 9.17) is 5.73 Å². The van der Waals surface area contributed by atoms with Gasteiger partial charge in [0.15, 0.2) is 0 Å². The quantitative estimate of drug-likeness (QED) is 0.810. The highest BCUT2D eigenvalue weighted by molar-refractivity contribution is 6.00. The maximum absolute atomic E-state index is 12.4. The SMILES string of the molecule is Cc1cccc(N)c1C(=O)NC1CCN2CCCC2C1. The summed E-state index contributed by atoms with van der Waals surface area (Å²) >= 11 is 0. The number of nitrogens with two attached hydrogens (primary N) is 1. The minimum absolute atomic E-state index is 0.0166. The first-order chi connectivity index (χ1) is 9.65. The molecule has 2 fully saturated rings. The van der Waals surface area contributed by atoms with Crippen LogP contribution in [-0.4, -0.2) is 36.0 Å². The van der Waals surface area contributed by atoms with Crippen LogP contribution < -0.4 is 11.1 Å². The summed E-state index contributed by atoms with van der Waals surface area (Å²) in [6.45, 7) is 4.28. The van der Waals surface area contributed by atoms with E-state index in [-0.39, 0.29) is 5.91 Å². The third-order valence-corrected chi connectivity index (χ3v) is 4.69. The van der Waals surface area contributed by atoms with Crippen LogP contribution in [0.2, 0.25) is 0 Å². The Morgan fingerprint density at radius 2 is 2.20 bits per heavy atom. The standard InChI is InChI=1S/C16H23N3O/c1-11-4-2-6-14(17)15(11)16(20)18-12-7-9-19-8-3-5-13(19)10-12/h2,4,6,12-13H,3,5,7-10,17H2,1H3,(H,18,20). The van der Waals surface area contributed by atoms with Gasteiger partial charge in [0.05, 0.1) is 5.56 Å². The molecule has 0 aromatic heterocycles. The lowest BCUT2D eigenvalue weighted by molar-refractivity contribution is 0.0896. The van der Waals surface area contributed by atoms with E-state index in [1.807, 2.05) is 19.1 Å². The van der Waals surface area contributed by atoms with Gasteiger partial charge in [-0.25, -0.2) is 0 Å². The summed E-state index contributed by atoms with van der Waals surface area (Å²) in [6.07, 6.45) is 4.71. The molecule has 20 heavy (non-hydrogen) atoms. The number of carbonyl (C=O) groups is 1. The van der Waals surface area contributed by atoms with Crippen LogP contribution in [0.1, 0.15) is 41.6 Å². The molecule has 2 atom stereocenters. The number of hydrogen-bond acceptors (Lipinski definition) is 3. The van der Waals surface area contributed by atoms with E-state index in [1.54, 1.807) is 6.07 Å². The summed E-state index contributed by atoms with van der Waals surface area (Å²) in [5, 5.41) is 3.18. The highest BCUT2D eigenvalue weighted by Gasteiger charge is 2.32. The zero-order valence-electron chi connectivity index (χ0n) is 12.1. The van der Waals surface area contributed by atoms with Crippen molar-refractivity contribution in [2.45, 2.75) is 44.7 Å². The number of nitrogens with one attached hydrogen (secondary N) is 1. The Morgan fingerprint density at radius 1 is 1.35 bits per heavy atom. The number of hydrogen-bond donors (Lipinski definition) is 2. The van der Waals surface area contributed by atoms with Gasteiger partial charge in [-0.05, 0) is 50.8 Å². The fraction of sp³-hybridized carbons (Fsp3) is 0.562. The van der Waals surface area contributed by atoms with Crippen LogP contribution >= 0.6 is 0 Å². The van der Waals surface area contributed by atoms with E-state index in [9.17, 15) is 4.79 Å². The molecule has 0 saturated carbocycles. The smallest absolute Gasteiger partial charge is 0.253 e. The van der Waals surface area contributed by atoms with E-state index in [2.05, 4.69) is 10.2 Å². The van der Waals surface area contributed by atoms with Crippen LogP contribution in [0.15, 0.2) is 18.2 Å². The largest absolute Gasteiger partial charge is 0.398 e. The summed E-state index contributed by atoms with van der Waals surface area (Å²) in [4.78, 5) is 15.0. The first-order valence-electron chi connectivity index (χ1n) is 7.55. The van der Waals surface area contributed by atoms with Gasteiger partial charge in [-0.3, -0.25) is 4.79 Å². The molecular weight excluding hydrogens is 250 g/mol. The van der Waals surface area contributed by atoms with E-state index in [0.717, 1.165) is 24.9 Å². The number of piperidine rings is 1. The molecular formula is C16H23N3O. The van der Waals surface area contributed by atoms with Crippen molar-refractivity contribution in [2.24, 2.45) is 0 Å². The van der Waals surface area contributed by atoms with Gasteiger partial charge < -0.3 is 16.0 Å². The molecule has 2 heterocycles. The summed E-state index contributed by atoms with van der Waals surface area (Å²) in [5.74, 6) is -0.0166. The molecule has 2 aliphatic rings. The van der Waals surface area contributed by atoms with Crippen molar-refractivity contribution in [3.63, 3.8) is 0 Å². The lowest BCUT2D eigenvalue weighted by Gasteiger charge is -2.35. The molecule has 108 valence electrons. The first-order valence-corrected chi connectivity index (χ1v) is 7.55. The predicted molar refractivity (Wildman–Crippen MR) is 80.7 cm³/mol. The van der Waals surface area contributed by atoms with E-state index in [1.165, 1.54) is 19.4 Å². The first kappa shape index (κ1) is 13.4. The third-order valence-electron chi connectivity index (χ3n) is 4.69. The number of benzene rings is 1. The zero-order chi connectivity index (χ0) is 14.1. The molecule has 4 heteroatoms. The van der Waals surface area contributed by atoms with E-state index in [0.29, 0.717) is 23.3 Å². The average Bonchev–Trinajstić information content (AvgIpc) is 2.85. The number of amides is 1. The number of aryl methyl sites for hydroxylation is 1. The molecule has 0 bridgehead atoms. The van der Waals surface area contributed by atoms with Gasteiger partial charge in [-0.2, -0.15) is 0 Å². The van der Waals surface area contributed by atoms with Crippen molar-refractivity contribution in [1.29, 1.82) is 0 Å². The van der Waals surface area contributed by atoms with Crippen molar-refractivity contribution < 1.29 is 4.79 Å². The molecule has 1 aromatic rings. The van der Waals surface area contributed by atoms with E-state index < -0.39 is 0 Å². The highest BCUT2D eigenvalue weighted by atomic mass is 16.1. The second kappa shape index (κ2) is 5.44. The molecule has 1 aromatic carbocycles. The molecule has 4 nitrogen and oxygen atoms in total. The predicted octanol–water partition coefficient (Wildman–Crippen LogP) is 1.93. The Kier molecular flexibility index (Phi) is 3.66. The third kappa shape index (κ3) is 2.52. The monoisotopic (exact) mass is 273 g/mol. The molecule has 2 unspecified atom stereocenters. The molecule has 2 saturated heterocycles. The molecule has 2 aliphatic heterocycles. The van der Waals surface area contributed by atoms with Gasteiger partial charge in [0, 0.05) is 24.3 Å². The Bertz CT molecular complexity index is 494. The van der Waals surface area contributed by atoms with Crippen LogP contribution in [0.4, 0.5) is 5.69 Å². The normalized spacial score (nSPS) is 26.2. The minimum Gasteiger partial charge on any atom is -0.398 e.